The molecule has 0 N–H and O–H groups in total. The zero-order chi connectivity index (χ0) is 26.5. The second kappa shape index (κ2) is 11.5. The lowest BCUT2D eigenvalue weighted by Crippen LogP contribution is -2.38. The highest BCUT2D eigenvalue weighted by molar-refractivity contribution is 5.75. The fraction of sp³-hybridized carbons (Fsp3) is 0.300. The molecule has 0 aliphatic carbocycles. The summed E-state index contributed by atoms with van der Waals surface area (Å²) in [6, 6.07) is 22.1. The first kappa shape index (κ1) is 26.3. The molecule has 0 radical (unpaired) electrons. The van der Waals surface area contributed by atoms with Crippen LogP contribution in [0.15, 0.2) is 71.3 Å². The lowest BCUT2D eigenvalue weighted by atomic mass is 9.94. The maximum atomic E-state index is 11.9. The number of methoxy groups -OCH3 is 2. The molecule has 1 aromatic heterocycles. The molecule has 0 spiro atoms. The van der Waals surface area contributed by atoms with Crippen molar-refractivity contribution in [3.63, 3.8) is 0 Å². The zero-order valence-electron chi connectivity index (χ0n) is 22.2. The van der Waals surface area contributed by atoms with Gasteiger partial charge >= 0.3 is 5.97 Å². The van der Waals surface area contributed by atoms with E-state index in [0.717, 1.165) is 27.8 Å². The van der Waals surface area contributed by atoms with E-state index < -0.39 is 0 Å². The van der Waals surface area contributed by atoms with Crippen molar-refractivity contribution in [2.45, 2.75) is 39.5 Å². The summed E-state index contributed by atoms with van der Waals surface area (Å²) in [6.07, 6.45) is 0. The molecule has 0 aliphatic rings. The van der Waals surface area contributed by atoms with E-state index in [1.54, 1.807) is 7.11 Å². The van der Waals surface area contributed by atoms with Crippen molar-refractivity contribution in [1.82, 2.24) is 15.0 Å². The highest BCUT2D eigenvalue weighted by Gasteiger charge is 2.24. The van der Waals surface area contributed by atoms with Crippen molar-refractivity contribution < 1.29 is 18.8 Å². The van der Waals surface area contributed by atoms with Gasteiger partial charge in [-0.25, -0.2) is 0 Å². The fourth-order valence-corrected chi connectivity index (χ4v) is 4.42. The molecule has 0 bridgehead atoms. The highest BCUT2D eigenvalue weighted by atomic mass is 16.5. The predicted octanol–water partition coefficient (Wildman–Crippen LogP) is 6.08. The average molecular weight is 500 g/mol. The van der Waals surface area contributed by atoms with E-state index in [-0.39, 0.29) is 18.1 Å². The van der Waals surface area contributed by atoms with E-state index in [2.05, 4.69) is 42.2 Å². The van der Waals surface area contributed by atoms with Gasteiger partial charge in [0.05, 0.1) is 13.7 Å². The number of esters is 1. The summed E-state index contributed by atoms with van der Waals surface area (Å²) < 4.78 is 16.0. The van der Waals surface area contributed by atoms with Crippen molar-refractivity contribution in [1.29, 1.82) is 0 Å². The third-order valence-corrected chi connectivity index (χ3v) is 6.93. The maximum absolute atomic E-state index is 11.9. The fourth-order valence-electron chi connectivity index (χ4n) is 4.42. The Balaban J connectivity index is 1.56. The molecule has 7 heteroatoms. The van der Waals surface area contributed by atoms with Crippen LogP contribution in [0.5, 0.6) is 0 Å². The molecule has 2 atom stereocenters. The molecule has 0 aliphatic heterocycles. The highest BCUT2D eigenvalue weighted by Crippen LogP contribution is 2.32. The Morgan fingerprint density at radius 2 is 1.68 bits per heavy atom. The Kier molecular flexibility index (Phi) is 8.16. The Hall–Kier alpha value is -3.81. The quantitative estimate of drug-likeness (QED) is 0.258. The molecule has 2 unspecified atom stereocenters. The van der Waals surface area contributed by atoms with Crippen LogP contribution in [0.25, 0.3) is 34.0 Å². The summed E-state index contributed by atoms with van der Waals surface area (Å²) >= 11 is 0. The van der Waals surface area contributed by atoms with Gasteiger partial charge in [0, 0.05) is 24.3 Å². The third kappa shape index (κ3) is 5.63. The maximum Gasteiger partial charge on any atom is 0.322 e. The minimum absolute atomic E-state index is 0.0231. The summed E-state index contributed by atoms with van der Waals surface area (Å²) in [5, 5.41) is 4.22. The molecular formula is C30H33N3O4. The number of aryl methyl sites for hydroxylation is 1. The van der Waals surface area contributed by atoms with Crippen LogP contribution in [0, 0.1) is 6.92 Å². The number of aromatic nitrogens is 2. The number of nitrogens with zero attached hydrogens (tertiary/aromatic N) is 3. The molecule has 7 nitrogen and oxygen atoms in total. The first-order valence-electron chi connectivity index (χ1n) is 12.3. The number of carbonyl (C=O) groups is 1. The number of ether oxygens (including phenoxy) is 2. The number of rotatable bonds is 9. The van der Waals surface area contributed by atoms with Gasteiger partial charge in [-0.2, -0.15) is 4.98 Å². The molecule has 0 fully saturated rings. The molecule has 3 aromatic carbocycles. The molecule has 1 heterocycles. The first-order valence-corrected chi connectivity index (χ1v) is 12.3. The van der Waals surface area contributed by atoms with E-state index in [1.807, 2.05) is 67.4 Å². The van der Waals surface area contributed by atoms with Crippen LogP contribution < -0.4 is 0 Å². The second-order valence-electron chi connectivity index (χ2n) is 9.21. The summed E-state index contributed by atoms with van der Waals surface area (Å²) in [6.45, 7) is 6.47. The van der Waals surface area contributed by atoms with E-state index >= 15 is 0 Å². The van der Waals surface area contributed by atoms with Gasteiger partial charge in [0.25, 0.3) is 5.89 Å². The Morgan fingerprint density at radius 3 is 2.35 bits per heavy atom. The van der Waals surface area contributed by atoms with E-state index in [0.29, 0.717) is 18.3 Å². The van der Waals surface area contributed by atoms with Crippen molar-refractivity contribution in [2.75, 3.05) is 21.3 Å². The largest absolute Gasteiger partial charge is 0.468 e. The lowest BCUT2D eigenvalue weighted by Gasteiger charge is -2.29. The second-order valence-corrected chi connectivity index (χ2v) is 9.21. The molecule has 37 heavy (non-hydrogen) atoms. The van der Waals surface area contributed by atoms with Gasteiger partial charge in [-0.05, 0) is 67.8 Å². The topological polar surface area (TPSA) is 77.7 Å². The van der Waals surface area contributed by atoms with E-state index in [1.165, 1.54) is 18.2 Å². The summed E-state index contributed by atoms with van der Waals surface area (Å²) in [7, 11) is 5.01. The Morgan fingerprint density at radius 1 is 0.973 bits per heavy atom. The van der Waals surface area contributed by atoms with Crippen LogP contribution in [-0.2, 0) is 20.9 Å². The molecule has 4 rings (SSSR count). The third-order valence-electron chi connectivity index (χ3n) is 6.93. The van der Waals surface area contributed by atoms with Gasteiger partial charge in [0.2, 0.25) is 5.82 Å². The minimum atomic E-state index is -0.348. The van der Waals surface area contributed by atoms with Crippen LogP contribution in [-0.4, -0.2) is 48.3 Å². The van der Waals surface area contributed by atoms with Crippen molar-refractivity contribution in [3.8, 4) is 34.0 Å². The first-order chi connectivity index (χ1) is 17.8. The average Bonchev–Trinajstić information content (AvgIpc) is 3.42. The van der Waals surface area contributed by atoms with Gasteiger partial charge in [-0.1, -0.05) is 59.8 Å². The summed E-state index contributed by atoms with van der Waals surface area (Å²) in [5.74, 6) is 0.709. The van der Waals surface area contributed by atoms with E-state index in [9.17, 15) is 4.79 Å². The molecule has 0 amide bonds. The van der Waals surface area contributed by atoms with Crippen LogP contribution in [0.3, 0.4) is 0 Å². The molecular weight excluding hydrogens is 466 g/mol. The predicted molar refractivity (Wildman–Crippen MR) is 144 cm³/mol. The molecule has 192 valence electrons. The summed E-state index contributed by atoms with van der Waals surface area (Å²) in [5.41, 5.74) is 7.32. The Bertz CT molecular complexity index is 1360. The van der Waals surface area contributed by atoms with Crippen LogP contribution in [0.4, 0.5) is 0 Å². The number of carbonyl (C=O) groups excluding carboxylic acids is 1. The van der Waals surface area contributed by atoms with E-state index in [4.69, 9.17) is 14.0 Å². The lowest BCUT2D eigenvalue weighted by molar-refractivity contribution is -0.146. The van der Waals surface area contributed by atoms with Crippen molar-refractivity contribution in [3.05, 3.63) is 83.4 Å². The van der Waals surface area contributed by atoms with Crippen LogP contribution >= 0.6 is 0 Å². The van der Waals surface area contributed by atoms with Gasteiger partial charge in [-0.3, -0.25) is 9.69 Å². The van der Waals surface area contributed by atoms with Crippen molar-refractivity contribution >= 4 is 5.97 Å². The zero-order valence-corrected chi connectivity index (χ0v) is 22.2. The van der Waals surface area contributed by atoms with Gasteiger partial charge < -0.3 is 14.0 Å². The standard InChI is InChI=1S/C30H33N3O4/c1-19-9-7-8-10-26(19)27-16-15-24(17-25(27)18-35-5)29-31-28(32-37-29)23-13-11-22(12-14-23)20(2)33(4)21(3)30(34)36-6/h7-17,20-21H,18H2,1-6H3. The number of hydrogen-bond acceptors (Lipinski definition) is 7. The number of likely N-dealkylation sites (N-methyl/N-ethyl adjacent to an activating group) is 1. The van der Waals surface area contributed by atoms with Gasteiger partial charge in [0.15, 0.2) is 0 Å². The monoisotopic (exact) mass is 499 g/mol. The van der Waals surface area contributed by atoms with Gasteiger partial charge in [0.1, 0.15) is 6.04 Å². The number of hydrogen-bond donors (Lipinski definition) is 0. The van der Waals surface area contributed by atoms with Gasteiger partial charge in [-0.15, -0.1) is 0 Å². The molecule has 0 saturated heterocycles. The molecule has 4 aromatic rings. The van der Waals surface area contributed by atoms with Crippen LogP contribution in [0.1, 0.15) is 36.6 Å². The van der Waals surface area contributed by atoms with Crippen LogP contribution in [0.2, 0.25) is 0 Å². The molecule has 0 saturated carbocycles. The SMILES string of the molecule is COCc1cc(-c2nc(-c3ccc(C(C)N(C)C(C)C(=O)OC)cc3)no2)ccc1-c1ccccc1C. The smallest absolute Gasteiger partial charge is 0.322 e. The summed E-state index contributed by atoms with van der Waals surface area (Å²) in [4.78, 5) is 18.5. The number of benzene rings is 3. The minimum Gasteiger partial charge on any atom is -0.468 e. The Labute approximate surface area is 218 Å². The normalized spacial score (nSPS) is 12.9. The van der Waals surface area contributed by atoms with Crippen molar-refractivity contribution in [2.24, 2.45) is 0 Å².